The molecule has 1 amide bonds. The summed E-state index contributed by atoms with van der Waals surface area (Å²) in [6.07, 6.45) is 1.48. The monoisotopic (exact) mass is 499 g/mol. The van der Waals surface area contributed by atoms with E-state index in [1.165, 1.54) is 35.2 Å². The van der Waals surface area contributed by atoms with Gasteiger partial charge in [-0.1, -0.05) is 30.3 Å². The molecule has 2 aromatic heterocycles. The molecule has 4 rings (SSSR count). The summed E-state index contributed by atoms with van der Waals surface area (Å²) in [5.41, 5.74) is 1.70. The molecule has 4 aromatic rings. The number of hydrogen-bond acceptors (Lipinski definition) is 5. The van der Waals surface area contributed by atoms with Crippen molar-refractivity contribution >= 4 is 51.7 Å². The topological polar surface area (TPSA) is 122 Å². The van der Waals surface area contributed by atoms with Crippen molar-refractivity contribution < 1.29 is 16.7 Å². The van der Waals surface area contributed by atoms with Crippen LogP contribution in [0.5, 0.6) is 0 Å². The van der Waals surface area contributed by atoms with Gasteiger partial charge in [-0.25, -0.2) is 0 Å². The molecule has 0 bridgehead atoms. The van der Waals surface area contributed by atoms with Crippen molar-refractivity contribution in [1.82, 2.24) is 9.55 Å². The molecule has 2 aromatic carbocycles. The average Bonchev–Trinajstić information content (AvgIpc) is 3.08. The van der Waals surface area contributed by atoms with Gasteiger partial charge in [0.2, 0.25) is 0 Å². The minimum atomic E-state index is -4.98. The van der Waals surface area contributed by atoms with Crippen LogP contribution in [0.2, 0.25) is 0 Å². The van der Waals surface area contributed by atoms with Gasteiger partial charge in [0.15, 0.2) is 0 Å². The zero-order valence-electron chi connectivity index (χ0n) is 16.3. The standard InChI is InChI=1S/C21H18AsN3O5S/c1-13-17-20(23-12-25(21(17)27)11-14-5-3-2-4-6-14)31-18(13)19(26)24-16-9-7-15(8-10-16)22(28,29)30/h2-10,12H,11H2,1H3,(H,24,26)(H2,28,29,30). The molecule has 0 saturated heterocycles. The Morgan fingerprint density at radius 3 is 2.45 bits per heavy atom. The van der Waals surface area contributed by atoms with E-state index in [2.05, 4.69) is 10.3 Å². The van der Waals surface area contributed by atoms with Crippen LogP contribution in [0.25, 0.3) is 10.2 Å². The van der Waals surface area contributed by atoms with Crippen LogP contribution in [0.1, 0.15) is 20.8 Å². The number of hydrogen-bond donors (Lipinski definition) is 3. The van der Waals surface area contributed by atoms with Gasteiger partial charge < -0.3 is 0 Å². The van der Waals surface area contributed by atoms with Gasteiger partial charge in [0.05, 0.1) is 0 Å². The third-order valence-corrected chi connectivity index (χ3v) is 8.02. The summed E-state index contributed by atoms with van der Waals surface area (Å²) < 4.78 is 31.3. The molecule has 0 atom stereocenters. The second-order valence-electron chi connectivity index (χ2n) is 6.94. The van der Waals surface area contributed by atoms with E-state index in [0.717, 1.165) is 16.9 Å². The van der Waals surface area contributed by atoms with Crippen LogP contribution >= 0.6 is 11.3 Å². The summed E-state index contributed by atoms with van der Waals surface area (Å²) in [6.45, 7) is 2.09. The van der Waals surface area contributed by atoms with Crippen LogP contribution in [0.15, 0.2) is 65.7 Å². The first kappa shape index (κ1) is 21.3. The number of rotatable bonds is 5. The Labute approximate surface area is 183 Å². The van der Waals surface area contributed by atoms with E-state index in [4.69, 9.17) is 0 Å². The van der Waals surface area contributed by atoms with Crippen LogP contribution in [0.4, 0.5) is 5.69 Å². The van der Waals surface area contributed by atoms with E-state index >= 15 is 0 Å². The number of aromatic nitrogens is 2. The van der Waals surface area contributed by atoms with E-state index < -0.39 is 20.1 Å². The third-order valence-electron chi connectivity index (χ3n) is 4.78. The number of anilines is 1. The number of nitrogens with zero attached hydrogens (tertiary/aromatic N) is 2. The zero-order valence-corrected chi connectivity index (χ0v) is 19.0. The number of carbonyl (C=O) groups excluding carboxylic acids is 1. The van der Waals surface area contributed by atoms with Crippen LogP contribution < -0.4 is 15.2 Å². The summed E-state index contributed by atoms with van der Waals surface area (Å²) in [6, 6.07) is 15.0. The van der Waals surface area contributed by atoms with Crippen LogP contribution in [0, 0.1) is 6.92 Å². The Morgan fingerprint density at radius 1 is 1.13 bits per heavy atom. The van der Waals surface area contributed by atoms with Gasteiger partial charge in [0.1, 0.15) is 0 Å². The number of fused-ring (bicyclic) bond motifs is 1. The summed E-state index contributed by atoms with van der Waals surface area (Å²) in [7, 11) is 0. The fraction of sp³-hybridized carbons (Fsp3) is 0.0952. The molecule has 0 aliphatic heterocycles. The van der Waals surface area contributed by atoms with Crippen molar-refractivity contribution in [2.24, 2.45) is 0 Å². The molecule has 0 radical (unpaired) electrons. The van der Waals surface area contributed by atoms with Crippen molar-refractivity contribution in [3.63, 3.8) is 0 Å². The molecule has 0 unspecified atom stereocenters. The third kappa shape index (κ3) is 4.40. The van der Waals surface area contributed by atoms with Gasteiger partial charge in [0.25, 0.3) is 0 Å². The summed E-state index contributed by atoms with van der Waals surface area (Å²) in [4.78, 5) is 31.0. The normalized spacial score (nSPS) is 11.6. The molecule has 31 heavy (non-hydrogen) atoms. The molecule has 10 heteroatoms. The summed E-state index contributed by atoms with van der Waals surface area (Å²) >= 11 is -3.85. The Kier molecular flexibility index (Phi) is 5.68. The number of nitrogens with one attached hydrogen (secondary N) is 1. The number of carbonyl (C=O) groups is 1. The van der Waals surface area contributed by atoms with Crippen LogP contribution in [0.3, 0.4) is 0 Å². The van der Waals surface area contributed by atoms with Crippen molar-refractivity contribution in [2.45, 2.75) is 13.5 Å². The van der Waals surface area contributed by atoms with E-state index in [9.17, 15) is 21.5 Å². The molecular weight excluding hydrogens is 481 g/mol. The minimum absolute atomic E-state index is 0.0719. The SMILES string of the molecule is Cc1c(C(=O)Nc2ccc([As](=O)(O)O)cc2)sc2ncn(Cc3ccccc3)c(=O)c12. The molecule has 158 valence electrons. The van der Waals surface area contributed by atoms with Gasteiger partial charge in [0, 0.05) is 0 Å². The molecule has 0 saturated carbocycles. The van der Waals surface area contributed by atoms with Gasteiger partial charge in [-0.3, -0.25) is 0 Å². The average molecular weight is 499 g/mol. The Morgan fingerprint density at radius 2 is 1.81 bits per heavy atom. The predicted molar refractivity (Wildman–Crippen MR) is 119 cm³/mol. The second kappa shape index (κ2) is 8.28. The van der Waals surface area contributed by atoms with Gasteiger partial charge in [-0.15, -0.1) is 0 Å². The number of amides is 1. The number of benzene rings is 2. The molecule has 0 spiro atoms. The van der Waals surface area contributed by atoms with Gasteiger partial charge in [-0.05, 0) is 5.56 Å². The Balaban J connectivity index is 1.63. The van der Waals surface area contributed by atoms with Gasteiger partial charge >= 0.3 is 148 Å². The zero-order chi connectivity index (χ0) is 22.2. The Hall–Kier alpha value is -2.97. The fourth-order valence-electron chi connectivity index (χ4n) is 3.20. The van der Waals surface area contributed by atoms with Crippen LogP contribution in [-0.4, -0.2) is 37.8 Å². The molecule has 0 aliphatic carbocycles. The number of thiophene rings is 1. The maximum atomic E-state index is 13.0. The van der Waals surface area contributed by atoms with Crippen LogP contribution in [-0.2, 0) is 10.3 Å². The van der Waals surface area contributed by atoms with Gasteiger partial charge in [-0.2, -0.15) is 0 Å². The van der Waals surface area contributed by atoms with Crippen molar-refractivity contribution in [1.29, 1.82) is 0 Å². The summed E-state index contributed by atoms with van der Waals surface area (Å²) in [5, 5.41) is 3.11. The maximum absolute atomic E-state index is 13.0. The van der Waals surface area contributed by atoms with Crippen molar-refractivity contribution in [2.75, 3.05) is 5.32 Å². The molecular formula is C21H18AsN3O5S. The predicted octanol–water partition coefficient (Wildman–Crippen LogP) is 1.63. The van der Waals surface area contributed by atoms with E-state index in [-0.39, 0.29) is 9.91 Å². The van der Waals surface area contributed by atoms with E-state index in [1.54, 1.807) is 6.92 Å². The molecule has 8 nitrogen and oxygen atoms in total. The Bertz CT molecular complexity index is 1370. The van der Waals surface area contributed by atoms with E-state index in [1.807, 2.05) is 30.3 Å². The molecule has 0 fully saturated rings. The van der Waals surface area contributed by atoms with E-state index in [0.29, 0.717) is 32.9 Å². The molecule has 0 aliphatic rings. The fourth-order valence-corrected chi connectivity index (χ4v) is 5.36. The van der Waals surface area contributed by atoms with Crippen molar-refractivity contribution in [3.8, 4) is 0 Å². The van der Waals surface area contributed by atoms with Crippen molar-refractivity contribution in [3.05, 3.63) is 87.3 Å². The quantitative estimate of drug-likeness (QED) is 0.359. The first-order chi connectivity index (χ1) is 14.7. The number of aryl methyl sites for hydroxylation is 1. The second-order valence-corrected chi connectivity index (χ2v) is 11.3. The molecule has 3 N–H and O–H groups in total. The summed E-state index contributed by atoms with van der Waals surface area (Å²) in [5.74, 6) is -0.413. The first-order valence-corrected chi connectivity index (χ1v) is 13.4. The molecule has 2 heterocycles. The first-order valence-electron chi connectivity index (χ1n) is 9.24.